The number of hydrogen-bond acceptors (Lipinski definition) is 1. The Bertz CT molecular complexity index is 375. The first-order valence-electron chi connectivity index (χ1n) is 3.64. The SMILES string of the molecule is Cn1c(Br)ccc1-c1ccco1. The van der Waals surface area contributed by atoms with Crippen molar-refractivity contribution in [3.63, 3.8) is 0 Å². The van der Waals surface area contributed by atoms with Crippen LogP contribution in [0.2, 0.25) is 0 Å². The maximum absolute atomic E-state index is 5.27. The molecule has 0 bridgehead atoms. The van der Waals surface area contributed by atoms with Gasteiger partial charge in [-0.3, -0.25) is 0 Å². The second-order valence-corrected chi connectivity index (χ2v) is 3.39. The van der Waals surface area contributed by atoms with Crippen LogP contribution in [0.4, 0.5) is 0 Å². The lowest BCUT2D eigenvalue weighted by molar-refractivity contribution is 0.576. The van der Waals surface area contributed by atoms with Crippen molar-refractivity contribution >= 4 is 15.9 Å². The fourth-order valence-electron chi connectivity index (χ4n) is 1.16. The number of hydrogen-bond donors (Lipinski definition) is 0. The zero-order chi connectivity index (χ0) is 8.55. The van der Waals surface area contributed by atoms with Gasteiger partial charge in [-0.1, -0.05) is 0 Å². The summed E-state index contributed by atoms with van der Waals surface area (Å²) < 4.78 is 8.35. The highest BCUT2D eigenvalue weighted by Gasteiger charge is 2.05. The summed E-state index contributed by atoms with van der Waals surface area (Å²) in [5.74, 6) is 0.892. The van der Waals surface area contributed by atoms with E-state index in [0.29, 0.717) is 0 Å². The van der Waals surface area contributed by atoms with Crippen LogP contribution in [0, 0.1) is 0 Å². The van der Waals surface area contributed by atoms with Crippen molar-refractivity contribution in [1.29, 1.82) is 0 Å². The Morgan fingerprint density at radius 1 is 1.33 bits per heavy atom. The predicted molar refractivity (Wildman–Crippen MR) is 50.8 cm³/mol. The number of furan rings is 1. The van der Waals surface area contributed by atoms with E-state index in [1.54, 1.807) is 6.26 Å². The minimum atomic E-state index is 0.892. The van der Waals surface area contributed by atoms with Crippen LogP contribution in [0.1, 0.15) is 0 Å². The third-order valence-corrected chi connectivity index (χ3v) is 2.63. The summed E-state index contributed by atoms with van der Waals surface area (Å²) in [6.07, 6.45) is 1.68. The molecule has 0 unspecified atom stereocenters. The zero-order valence-electron chi connectivity index (χ0n) is 6.62. The molecule has 2 heterocycles. The van der Waals surface area contributed by atoms with E-state index in [1.165, 1.54) is 0 Å². The normalized spacial score (nSPS) is 10.5. The quantitative estimate of drug-likeness (QED) is 0.730. The maximum Gasteiger partial charge on any atom is 0.150 e. The molecule has 0 saturated carbocycles. The Morgan fingerprint density at radius 2 is 2.17 bits per heavy atom. The Balaban J connectivity index is 2.55. The predicted octanol–water partition coefficient (Wildman–Crippen LogP) is 3.05. The van der Waals surface area contributed by atoms with E-state index in [0.717, 1.165) is 16.1 Å². The molecule has 0 aliphatic carbocycles. The number of rotatable bonds is 1. The average Bonchev–Trinajstić information content (AvgIpc) is 2.64. The molecule has 2 aromatic rings. The standard InChI is InChI=1S/C9H8BrNO/c1-11-7(4-5-9(11)10)8-3-2-6-12-8/h2-6H,1H3. The van der Waals surface area contributed by atoms with E-state index in [-0.39, 0.29) is 0 Å². The Labute approximate surface area is 78.9 Å². The summed E-state index contributed by atoms with van der Waals surface area (Å²) in [5.41, 5.74) is 1.08. The molecular weight excluding hydrogens is 218 g/mol. The van der Waals surface area contributed by atoms with Crippen molar-refractivity contribution in [2.24, 2.45) is 7.05 Å². The van der Waals surface area contributed by atoms with Crippen LogP contribution in [-0.2, 0) is 7.05 Å². The van der Waals surface area contributed by atoms with Gasteiger partial charge in [-0.2, -0.15) is 0 Å². The molecule has 0 amide bonds. The van der Waals surface area contributed by atoms with Crippen LogP contribution in [0.5, 0.6) is 0 Å². The van der Waals surface area contributed by atoms with Crippen molar-refractivity contribution < 1.29 is 4.42 Å². The summed E-state index contributed by atoms with van der Waals surface area (Å²) in [6.45, 7) is 0. The van der Waals surface area contributed by atoms with Gasteiger partial charge in [-0.15, -0.1) is 0 Å². The van der Waals surface area contributed by atoms with E-state index in [1.807, 2.05) is 35.9 Å². The molecule has 2 nitrogen and oxygen atoms in total. The molecular formula is C9H8BrNO. The second-order valence-electron chi connectivity index (χ2n) is 2.58. The molecule has 0 fully saturated rings. The Kier molecular flexibility index (Phi) is 1.81. The molecule has 0 radical (unpaired) electrons. The molecule has 0 aliphatic rings. The molecule has 2 rings (SSSR count). The molecule has 12 heavy (non-hydrogen) atoms. The highest BCUT2D eigenvalue weighted by Crippen LogP contribution is 2.24. The van der Waals surface area contributed by atoms with Gasteiger partial charge in [-0.25, -0.2) is 0 Å². The van der Waals surface area contributed by atoms with Gasteiger partial charge >= 0.3 is 0 Å². The fraction of sp³-hybridized carbons (Fsp3) is 0.111. The molecule has 0 spiro atoms. The highest BCUT2D eigenvalue weighted by molar-refractivity contribution is 9.10. The van der Waals surface area contributed by atoms with Crippen molar-refractivity contribution in [1.82, 2.24) is 4.57 Å². The first-order chi connectivity index (χ1) is 5.79. The number of aromatic nitrogens is 1. The number of nitrogens with zero attached hydrogens (tertiary/aromatic N) is 1. The Morgan fingerprint density at radius 3 is 2.67 bits per heavy atom. The summed E-state index contributed by atoms with van der Waals surface area (Å²) >= 11 is 3.42. The van der Waals surface area contributed by atoms with Crippen molar-refractivity contribution in [3.8, 4) is 11.5 Å². The van der Waals surface area contributed by atoms with Crippen molar-refractivity contribution in [3.05, 3.63) is 35.1 Å². The summed E-state index contributed by atoms with van der Waals surface area (Å²) in [6, 6.07) is 7.85. The van der Waals surface area contributed by atoms with E-state index in [9.17, 15) is 0 Å². The van der Waals surface area contributed by atoms with Crippen molar-refractivity contribution in [2.45, 2.75) is 0 Å². The smallest absolute Gasteiger partial charge is 0.150 e. The van der Waals surface area contributed by atoms with Gasteiger partial charge < -0.3 is 8.98 Å². The van der Waals surface area contributed by atoms with Crippen LogP contribution < -0.4 is 0 Å². The van der Waals surface area contributed by atoms with Crippen LogP contribution in [0.15, 0.2) is 39.5 Å². The zero-order valence-corrected chi connectivity index (χ0v) is 8.21. The summed E-state index contributed by atoms with van der Waals surface area (Å²) in [4.78, 5) is 0. The van der Waals surface area contributed by atoms with Crippen LogP contribution in [0.25, 0.3) is 11.5 Å². The first kappa shape index (κ1) is 7.68. The second kappa shape index (κ2) is 2.83. The maximum atomic E-state index is 5.27. The molecule has 62 valence electrons. The van der Waals surface area contributed by atoms with Crippen LogP contribution in [0.3, 0.4) is 0 Å². The van der Waals surface area contributed by atoms with Gasteiger partial charge in [0.15, 0.2) is 0 Å². The third kappa shape index (κ3) is 1.10. The van der Waals surface area contributed by atoms with Crippen molar-refractivity contribution in [2.75, 3.05) is 0 Å². The highest BCUT2D eigenvalue weighted by atomic mass is 79.9. The third-order valence-electron chi connectivity index (χ3n) is 1.83. The van der Waals surface area contributed by atoms with E-state index < -0.39 is 0 Å². The molecule has 0 aromatic carbocycles. The molecule has 3 heteroatoms. The molecule has 0 atom stereocenters. The fourth-order valence-corrected chi connectivity index (χ4v) is 1.48. The van der Waals surface area contributed by atoms with E-state index >= 15 is 0 Å². The molecule has 0 N–H and O–H groups in total. The molecule has 0 aliphatic heterocycles. The lowest BCUT2D eigenvalue weighted by Gasteiger charge is -1.99. The molecule has 0 saturated heterocycles. The minimum Gasteiger partial charge on any atom is -0.463 e. The van der Waals surface area contributed by atoms with E-state index in [4.69, 9.17) is 4.42 Å². The van der Waals surface area contributed by atoms with E-state index in [2.05, 4.69) is 15.9 Å². The first-order valence-corrected chi connectivity index (χ1v) is 4.43. The van der Waals surface area contributed by atoms with Gasteiger partial charge in [0.05, 0.1) is 16.6 Å². The number of halogens is 1. The summed E-state index contributed by atoms with van der Waals surface area (Å²) in [7, 11) is 1.99. The van der Waals surface area contributed by atoms with Gasteiger partial charge in [0.25, 0.3) is 0 Å². The van der Waals surface area contributed by atoms with Crippen LogP contribution >= 0.6 is 15.9 Å². The lowest BCUT2D eigenvalue weighted by atomic mass is 10.3. The van der Waals surface area contributed by atoms with Gasteiger partial charge in [0, 0.05) is 7.05 Å². The van der Waals surface area contributed by atoms with Crippen LogP contribution in [-0.4, -0.2) is 4.57 Å². The average molecular weight is 226 g/mol. The lowest BCUT2D eigenvalue weighted by Crippen LogP contribution is -1.89. The minimum absolute atomic E-state index is 0.892. The monoisotopic (exact) mass is 225 g/mol. The Hall–Kier alpha value is -0.960. The van der Waals surface area contributed by atoms with Gasteiger partial charge in [-0.05, 0) is 40.2 Å². The molecule has 2 aromatic heterocycles. The van der Waals surface area contributed by atoms with Gasteiger partial charge in [0.1, 0.15) is 5.76 Å². The largest absolute Gasteiger partial charge is 0.463 e. The topological polar surface area (TPSA) is 18.1 Å². The van der Waals surface area contributed by atoms with Gasteiger partial charge in [0.2, 0.25) is 0 Å². The summed E-state index contributed by atoms with van der Waals surface area (Å²) in [5, 5.41) is 0.